The number of nitrogens with zero attached hydrogens (tertiary/aromatic N) is 4. The predicted octanol–water partition coefficient (Wildman–Crippen LogP) is 0.748. The standard InChI is InChI=1S/C11H10N4O4S/c1-7-13-14-11(20(18)19)15(7)12-6-8-4-2-3-5-9(8)10(16)17/h2-6H,1H3,(H,16,17)(H,18,19). The van der Waals surface area contributed by atoms with E-state index in [1.54, 1.807) is 25.1 Å². The maximum absolute atomic E-state index is 11.0. The summed E-state index contributed by atoms with van der Waals surface area (Å²) in [5.41, 5.74) is 0.441. The number of carbonyl (C=O) groups is 1. The predicted molar refractivity (Wildman–Crippen MR) is 70.2 cm³/mol. The van der Waals surface area contributed by atoms with E-state index in [9.17, 15) is 9.00 Å². The van der Waals surface area contributed by atoms with E-state index in [0.29, 0.717) is 11.4 Å². The van der Waals surface area contributed by atoms with Crippen LogP contribution in [0.5, 0.6) is 0 Å². The van der Waals surface area contributed by atoms with Crippen molar-refractivity contribution in [3.8, 4) is 0 Å². The average Bonchev–Trinajstić information content (AvgIpc) is 2.78. The van der Waals surface area contributed by atoms with Gasteiger partial charge in [-0.15, -0.1) is 10.2 Å². The van der Waals surface area contributed by atoms with Gasteiger partial charge in [-0.2, -0.15) is 9.78 Å². The van der Waals surface area contributed by atoms with Crippen molar-refractivity contribution < 1.29 is 18.7 Å². The van der Waals surface area contributed by atoms with Gasteiger partial charge in [0.1, 0.15) is 0 Å². The number of aromatic nitrogens is 3. The summed E-state index contributed by atoms with van der Waals surface area (Å²) < 4.78 is 21.2. The molecule has 0 aliphatic heterocycles. The Hall–Kier alpha value is -2.39. The van der Waals surface area contributed by atoms with E-state index in [0.717, 1.165) is 4.68 Å². The Morgan fingerprint density at radius 1 is 1.40 bits per heavy atom. The van der Waals surface area contributed by atoms with Crippen molar-refractivity contribution in [3.05, 3.63) is 41.2 Å². The van der Waals surface area contributed by atoms with Crippen LogP contribution in [0.2, 0.25) is 0 Å². The fraction of sp³-hybridized carbons (Fsp3) is 0.0909. The van der Waals surface area contributed by atoms with Crippen LogP contribution in [0.3, 0.4) is 0 Å². The second-order valence-electron chi connectivity index (χ2n) is 3.73. The highest BCUT2D eigenvalue weighted by Crippen LogP contribution is 2.08. The van der Waals surface area contributed by atoms with Crippen molar-refractivity contribution in [1.29, 1.82) is 0 Å². The summed E-state index contributed by atoms with van der Waals surface area (Å²) in [4.78, 5) is 11.0. The van der Waals surface area contributed by atoms with Gasteiger partial charge in [0.15, 0.2) is 5.82 Å². The molecule has 104 valence electrons. The number of hydrogen-bond acceptors (Lipinski definition) is 5. The second-order valence-corrected chi connectivity index (χ2v) is 4.59. The Bertz CT molecular complexity index is 710. The molecule has 0 saturated heterocycles. The van der Waals surface area contributed by atoms with Gasteiger partial charge >= 0.3 is 5.97 Å². The zero-order valence-electron chi connectivity index (χ0n) is 10.3. The smallest absolute Gasteiger partial charge is 0.336 e. The maximum atomic E-state index is 11.0. The minimum Gasteiger partial charge on any atom is -0.478 e. The SMILES string of the molecule is Cc1nnc(S(=O)O)n1N=Cc1ccccc1C(=O)O. The van der Waals surface area contributed by atoms with Gasteiger partial charge in [-0.3, -0.25) is 4.55 Å². The summed E-state index contributed by atoms with van der Waals surface area (Å²) in [6.45, 7) is 1.56. The molecule has 20 heavy (non-hydrogen) atoms. The van der Waals surface area contributed by atoms with Gasteiger partial charge in [-0.25, -0.2) is 9.00 Å². The number of carboxylic acids is 1. The Balaban J connectivity index is 2.43. The Morgan fingerprint density at radius 3 is 2.75 bits per heavy atom. The first-order valence-corrected chi connectivity index (χ1v) is 6.51. The number of aryl methyl sites for hydroxylation is 1. The van der Waals surface area contributed by atoms with Crippen LogP contribution in [0.4, 0.5) is 0 Å². The topological polar surface area (TPSA) is 118 Å². The van der Waals surface area contributed by atoms with E-state index in [2.05, 4.69) is 15.3 Å². The van der Waals surface area contributed by atoms with Gasteiger partial charge in [0.25, 0.3) is 5.16 Å². The molecule has 2 rings (SSSR count). The molecular formula is C11H10N4O4S. The summed E-state index contributed by atoms with van der Waals surface area (Å²) in [7, 11) is 0. The van der Waals surface area contributed by atoms with Gasteiger partial charge in [-0.1, -0.05) is 18.2 Å². The Morgan fingerprint density at radius 2 is 2.10 bits per heavy atom. The minimum absolute atomic E-state index is 0.0775. The van der Waals surface area contributed by atoms with Crippen molar-refractivity contribution in [2.75, 3.05) is 0 Å². The van der Waals surface area contributed by atoms with E-state index in [1.807, 2.05) is 0 Å². The summed E-state index contributed by atoms with van der Waals surface area (Å²) >= 11 is -2.33. The average molecular weight is 294 g/mol. The van der Waals surface area contributed by atoms with Crippen LogP contribution in [0.15, 0.2) is 34.5 Å². The third-order valence-corrected chi connectivity index (χ3v) is 2.99. The normalized spacial score (nSPS) is 12.7. The van der Waals surface area contributed by atoms with E-state index in [1.165, 1.54) is 12.3 Å². The first-order chi connectivity index (χ1) is 9.50. The highest BCUT2D eigenvalue weighted by molar-refractivity contribution is 7.79. The molecule has 0 aliphatic rings. The number of benzene rings is 1. The zero-order chi connectivity index (χ0) is 14.7. The number of rotatable bonds is 4. The van der Waals surface area contributed by atoms with Crippen LogP contribution in [0, 0.1) is 6.92 Å². The van der Waals surface area contributed by atoms with Gasteiger partial charge in [0.2, 0.25) is 11.1 Å². The van der Waals surface area contributed by atoms with Gasteiger partial charge in [0, 0.05) is 5.56 Å². The molecule has 0 saturated carbocycles. The third kappa shape index (κ3) is 2.78. The lowest BCUT2D eigenvalue weighted by atomic mass is 10.1. The number of hydrogen-bond donors (Lipinski definition) is 2. The molecule has 0 spiro atoms. The molecule has 1 heterocycles. The summed E-state index contributed by atoms with van der Waals surface area (Å²) in [6.07, 6.45) is 1.27. The molecule has 2 aromatic rings. The lowest BCUT2D eigenvalue weighted by Gasteiger charge is -2.01. The monoisotopic (exact) mass is 294 g/mol. The highest BCUT2D eigenvalue weighted by Gasteiger charge is 2.13. The summed E-state index contributed by atoms with van der Waals surface area (Å²) in [5, 5.41) is 19.9. The van der Waals surface area contributed by atoms with Gasteiger partial charge in [-0.05, 0) is 13.0 Å². The van der Waals surface area contributed by atoms with E-state index in [4.69, 9.17) is 9.66 Å². The van der Waals surface area contributed by atoms with Gasteiger partial charge < -0.3 is 5.11 Å². The molecule has 2 N–H and O–H groups in total. The first kappa shape index (κ1) is 14.0. The fourth-order valence-corrected chi connectivity index (χ4v) is 1.94. The Labute approximate surface area is 116 Å². The van der Waals surface area contributed by atoms with E-state index in [-0.39, 0.29) is 10.7 Å². The van der Waals surface area contributed by atoms with E-state index >= 15 is 0 Å². The highest BCUT2D eigenvalue weighted by atomic mass is 32.2. The van der Waals surface area contributed by atoms with Crippen molar-refractivity contribution in [2.24, 2.45) is 5.10 Å². The summed E-state index contributed by atoms with van der Waals surface area (Å²) in [6, 6.07) is 6.27. The molecule has 0 radical (unpaired) electrons. The Kier molecular flexibility index (Phi) is 4.01. The third-order valence-electron chi connectivity index (χ3n) is 2.43. The molecule has 1 aromatic heterocycles. The second kappa shape index (κ2) is 5.72. The summed E-state index contributed by atoms with van der Waals surface area (Å²) in [5.74, 6) is -0.773. The maximum Gasteiger partial charge on any atom is 0.336 e. The zero-order valence-corrected chi connectivity index (χ0v) is 11.1. The first-order valence-electron chi connectivity index (χ1n) is 5.40. The molecule has 1 aromatic carbocycles. The molecule has 1 atom stereocenters. The lowest BCUT2D eigenvalue weighted by Crippen LogP contribution is -2.05. The molecule has 1 unspecified atom stereocenters. The van der Waals surface area contributed by atoms with Crippen LogP contribution in [-0.4, -0.2) is 40.9 Å². The van der Waals surface area contributed by atoms with Crippen LogP contribution in [-0.2, 0) is 11.1 Å². The van der Waals surface area contributed by atoms with Crippen LogP contribution in [0.25, 0.3) is 0 Å². The lowest BCUT2D eigenvalue weighted by molar-refractivity contribution is 0.0696. The minimum atomic E-state index is -2.33. The van der Waals surface area contributed by atoms with Crippen molar-refractivity contribution in [3.63, 3.8) is 0 Å². The molecular weight excluding hydrogens is 284 g/mol. The van der Waals surface area contributed by atoms with Crippen LogP contribution in [0.1, 0.15) is 21.7 Å². The van der Waals surface area contributed by atoms with E-state index < -0.39 is 17.0 Å². The quantitative estimate of drug-likeness (QED) is 0.634. The van der Waals surface area contributed by atoms with Crippen LogP contribution >= 0.6 is 0 Å². The van der Waals surface area contributed by atoms with Crippen molar-refractivity contribution >= 4 is 23.3 Å². The number of carboxylic acid groups (broad SMARTS) is 1. The molecule has 0 bridgehead atoms. The molecule has 0 amide bonds. The fourth-order valence-electron chi connectivity index (χ4n) is 1.50. The van der Waals surface area contributed by atoms with Gasteiger partial charge in [0.05, 0.1) is 11.8 Å². The molecule has 9 heteroatoms. The molecule has 0 fully saturated rings. The number of aromatic carboxylic acids is 1. The van der Waals surface area contributed by atoms with Crippen molar-refractivity contribution in [2.45, 2.75) is 12.1 Å². The van der Waals surface area contributed by atoms with Crippen LogP contribution < -0.4 is 0 Å². The molecule has 8 nitrogen and oxygen atoms in total. The van der Waals surface area contributed by atoms with Crippen molar-refractivity contribution in [1.82, 2.24) is 14.9 Å². The molecule has 0 aliphatic carbocycles. The largest absolute Gasteiger partial charge is 0.478 e.